The summed E-state index contributed by atoms with van der Waals surface area (Å²) >= 11 is 0. The molecular formula is C56H86N4O45. The molecule has 8 aliphatic rings. The standard InChI is InChI=1S/C56H86N4O45/c1-9(65)57-17-25(73)21(69)13(5-61)91-50(17)99-38-27(75)31(79)54(103-42(38)46(84)85)97-35-19(59-11(3)67)52(93-15(7-63)23(35)71)101-40-29(77)33(81)56(105-44(40)48(88)89)98-36-20(60-12(4)68)53(94-16(8-64)24(36)72)102-39-28(76)32(80)55(104-43(39)47(86)87)96-34-18(58-10(2)66)51(92-14(6-62)22(34)70)100-37-26(74)30(78)49(90)95-41(37)45(82)83/h13-44,49-56,61-64,69-81,90H,5-8H2,1-4H3,(H,57,65)(H,58,66)(H,59,67)(H,60,68)(H,82,83)(H,84,85)(H,86,87)(H,88,89)/t13-,14-,15-,16-,17-,18-,19-,20-,21-,22-,23-,24-,25-,26-,27-,28-,29-,30-,31-,32-,33-,34-,35-,36-,37+,38+,39+,40+,41+,42+,43+,44+,49?,50+,51+,52+,53+,54-,55-,56-/m1/s1. The molecule has 0 aromatic heterocycles. The van der Waals surface area contributed by atoms with Gasteiger partial charge in [0.15, 0.2) is 74.7 Å². The summed E-state index contributed by atoms with van der Waals surface area (Å²) in [6.07, 6.45) is -82.7. The highest BCUT2D eigenvalue weighted by Gasteiger charge is 2.62. The molecule has 8 rings (SSSR count). The third-order valence-corrected chi connectivity index (χ3v) is 18.1. The van der Waals surface area contributed by atoms with Gasteiger partial charge in [-0.15, -0.1) is 0 Å². The van der Waals surface area contributed by atoms with Gasteiger partial charge in [0, 0.05) is 27.7 Å². The number of carboxylic acid groups (broad SMARTS) is 4. The number of rotatable bonds is 26. The van der Waals surface area contributed by atoms with E-state index >= 15 is 0 Å². The van der Waals surface area contributed by atoms with Crippen LogP contribution in [0, 0.1) is 0 Å². The molecule has 0 saturated carbocycles. The second kappa shape index (κ2) is 35.9. The molecule has 1 unspecified atom stereocenters. The number of carbonyl (C=O) groups is 8. The first-order chi connectivity index (χ1) is 49.3. The number of hydrogen-bond acceptors (Lipinski definition) is 41. The van der Waals surface area contributed by atoms with Crippen molar-refractivity contribution in [3.63, 3.8) is 0 Å². The van der Waals surface area contributed by atoms with Crippen molar-refractivity contribution in [3.8, 4) is 0 Å². The van der Waals surface area contributed by atoms with Gasteiger partial charge in [0.05, 0.1) is 26.4 Å². The molecule has 26 N–H and O–H groups in total. The van der Waals surface area contributed by atoms with Crippen molar-refractivity contribution in [2.24, 2.45) is 0 Å². The van der Waals surface area contributed by atoms with Crippen molar-refractivity contribution in [1.82, 2.24) is 21.3 Å². The first-order valence-electron chi connectivity index (χ1n) is 32.1. The van der Waals surface area contributed by atoms with Crippen LogP contribution in [0.4, 0.5) is 0 Å². The number of hydrogen-bond donors (Lipinski definition) is 26. The first kappa shape index (κ1) is 85.1. The molecule has 0 aliphatic carbocycles. The minimum Gasteiger partial charge on any atom is -0.479 e. The molecular weight excluding hydrogens is 1450 g/mol. The van der Waals surface area contributed by atoms with E-state index in [0.29, 0.717) is 0 Å². The van der Waals surface area contributed by atoms with Gasteiger partial charge in [0.1, 0.15) is 171 Å². The fourth-order valence-corrected chi connectivity index (χ4v) is 13.0. The van der Waals surface area contributed by atoms with Crippen molar-refractivity contribution >= 4 is 47.5 Å². The van der Waals surface area contributed by atoms with Gasteiger partial charge in [-0.1, -0.05) is 0 Å². The van der Waals surface area contributed by atoms with Crippen LogP contribution in [0.5, 0.6) is 0 Å². The SMILES string of the molecule is CC(=O)N[C@H]1[C@H](O[C@H]2[C@H](O)[C@@H](O)[C@H](O[C@H]3[C@H](O)[C@@H](CO)O[C@@H](O[C@H]4[C@H](O)[C@@H](O)[C@H](O[C@H]5[C@H](O)[C@@H](CO)O[C@@H](O[C@H]6[C@H](O)[C@@H](O)[C@H](O[C@H]7[C@H](O)[C@@H](CO)O[C@@H](O[C@H]8[C@H](O)[C@@H](O)C(O)O[C@@H]8C(=O)O)[C@@H]7NC(C)=O)O[C@@H]6C(=O)O)[C@@H]5NC(C)=O)O[C@@H]4C(=O)O)[C@@H]3NC(C)=O)O[C@@H]2C(=O)O)O[C@H](CO)[C@@H](O)[C@@H]1O. The Morgan fingerprint density at radius 3 is 0.724 bits per heavy atom. The van der Waals surface area contributed by atoms with Crippen LogP contribution in [0.25, 0.3) is 0 Å². The molecule has 8 saturated heterocycles. The number of ether oxygens (including phenoxy) is 15. The highest BCUT2D eigenvalue weighted by molar-refractivity contribution is 5.76. The molecule has 105 heavy (non-hydrogen) atoms. The Bertz CT molecular complexity index is 2990. The van der Waals surface area contributed by atoms with Crippen LogP contribution in [0.1, 0.15) is 27.7 Å². The van der Waals surface area contributed by atoms with E-state index in [1.54, 1.807) is 0 Å². The maximum Gasteiger partial charge on any atom is 0.335 e. The third kappa shape index (κ3) is 18.5. The number of carbonyl (C=O) groups excluding carboxylic acids is 4. The molecule has 49 heteroatoms. The van der Waals surface area contributed by atoms with E-state index in [2.05, 4.69) is 21.3 Å². The molecule has 0 spiro atoms. The Balaban J connectivity index is 1.01. The van der Waals surface area contributed by atoms with E-state index in [1.165, 1.54) is 0 Å². The molecule has 0 aromatic rings. The number of aliphatic carboxylic acids is 4. The van der Waals surface area contributed by atoms with Crippen LogP contribution in [0.2, 0.25) is 0 Å². The van der Waals surface area contributed by atoms with Crippen molar-refractivity contribution in [1.29, 1.82) is 0 Å². The van der Waals surface area contributed by atoms with Crippen LogP contribution in [0.15, 0.2) is 0 Å². The van der Waals surface area contributed by atoms with E-state index < -0.39 is 319 Å². The normalized spacial score (nSPS) is 46.8. The Labute approximate surface area is 588 Å². The molecule has 49 nitrogen and oxygen atoms in total. The Morgan fingerprint density at radius 1 is 0.257 bits per heavy atom. The van der Waals surface area contributed by atoms with Crippen LogP contribution in [-0.4, -0.2) is 432 Å². The van der Waals surface area contributed by atoms with E-state index in [9.17, 15) is 151 Å². The van der Waals surface area contributed by atoms with Crippen LogP contribution in [0.3, 0.4) is 0 Å². The molecule has 8 heterocycles. The van der Waals surface area contributed by atoms with Gasteiger partial charge in [-0.05, 0) is 0 Å². The predicted octanol–water partition coefficient (Wildman–Crippen LogP) is -17.5. The maximum absolute atomic E-state index is 13.2. The van der Waals surface area contributed by atoms with Crippen LogP contribution in [-0.2, 0) is 109 Å². The molecule has 0 aromatic carbocycles. The summed E-state index contributed by atoms with van der Waals surface area (Å²) < 4.78 is 84.5. The van der Waals surface area contributed by atoms with Gasteiger partial charge < -0.3 is 205 Å². The average molecular weight is 1540 g/mol. The van der Waals surface area contributed by atoms with Crippen molar-refractivity contribution in [2.45, 2.75) is 273 Å². The zero-order valence-electron chi connectivity index (χ0n) is 55.2. The Hall–Kier alpha value is -5.56. The van der Waals surface area contributed by atoms with Gasteiger partial charge in [0.25, 0.3) is 0 Å². The smallest absolute Gasteiger partial charge is 0.335 e. The predicted molar refractivity (Wildman–Crippen MR) is 313 cm³/mol. The molecule has 8 aliphatic heterocycles. The average Bonchev–Trinajstić information content (AvgIpc) is 0.759. The summed E-state index contributed by atoms with van der Waals surface area (Å²) in [6, 6.07) is -7.95. The number of amides is 4. The van der Waals surface area contributed by atoms with Gasteiger partial charge in [-0.2, -0.15) is 0 Å². The van der Waals surface area contributed by atoms with Crippen molar-refractivity contribution in [3.05, 3.63) is 0 Å². The van der Waals surface area contributed by atoms with Gasteiger partial charge in [-0.3, -0.25) is 19.2 Å². The van der Waals surface area contributed by atoms with Crippen molar-refractivity contribution < 1.29 is 222 Å². The largest absolute Gasteiger partial charge is 0.479 e. The fraction of sp³-hybridized carbons (Fsp3) is 0.857. The summed E-state index contributed by atoms with van der Waals surface area (Å²) in [7, 11) is 0. The lowest BCUT2D eigenvalue weighted by Crippen LogP contribution is -2.71. The summed E-state index contributed by atoms with van der Waals surface area (Å²) in [6.45, 7) is -1.09. The van der Waals surface area contributed by atoms with Gasteiger partial charge in [-0.25, -0.2) is 19.2 Å². The number of nitrogens with one attached hydrogen (secondary N) is 4. The monoisotopic (exact) mass is 1530 g/mol. The minimum atomic E-state index is -2.65. The Kier molecular flexibility index (Phi) is 29.0. The van der Waals surface area contributed by atoms with E-state index in [4.69, 9.17) is 71.1 Å². The molecule has 4 amide bonds. The fourth-order valence-electron chi connectivity index (χ4n) is 13.0. The summed E-state index contributed by atoms with van der Waals surface area (Å²) in [5.74, 6) is -12.0. The molecule has 8 fully saturated rings. The number of aliphatic hydroxyl groups is 18. The quantitative estimate of drug-likeness (QED) is 0.0382. The minimum absolute atomic E-state index is 0.832. The zero-order chi connectivity index (χ0) is 78.0. The summed E-state index contributed by atoms with van der Waals surface area (Å²) in [4.78, 5) is 102. The second-order valence-electron chi connectivity index (χ2n) is 25.5. The van der Waals surface area contributed by atoms with Gasteiger partial charge >= 0.3 is 23.9 Å². The lowest BCUT2D eigenvalue weighted by molar-refractivity contribution is -0.380. The van der Waals surface area contributed by atoms with E-state index in [-0.39, 0.29) is 0 Å². The lowest BCUT2D eigenvalue weighted by Gasteiger charge is -2.51. The van der Waals surface area contributed by atoms with Gasteiger partial charge in [0.2, 0.25) is 23.6 Å². The zero-order valence-corrected chi connectivity index (χ0v) is 55.2. The van der Waals surface area contributed by atoms with E-state index in [1.807, 2.05) is 0 Å². The highest BCUT2D eigenvalue weighted by atomic mass is 16.8. The third-order valence-electron chi connectivity index (χ3n) is 18.1. The number of carboxylic acids is 4. The van der Waals surface area contributed by atoms with E-state index in [0.717, 1.165) is 27.7 Å². The maximum atomic E-state index is 13.2. The molecule has 40 atom stereocenters. The summed E-state index contributed by atoms with van der Waals surface area (Å²) in [5, 5.41) is 248. The number of aliphatic hydroxyl groups excluding tert-OH is 18. The summed E-state index contributed by atoms with van der Waals surface area (Å²) in [5.41, 5.74) is 0. The highest BCUT2D eigenvalue weighted by Crippen LogP contribution is 2.39. The molecule has 600 valence electrons. The molecule has 0 bridgehead atoms. The van der Waals surface area contributed by atoms with Crippen LogP contribution < -0.4 is 21.3 Å². The lowest BCUT2D eigenvalue weighted by atomic mass is 9.93. The van der Waals surface area contributed by atoms with Crippen LogP contribution >= 0.6 is 0 Å². The molecule has 0 radical (unpaired) electrons. The topological polar surface area (TPSA) is 768 Å². The first-order valence-corrected chi connectivity index (χ1v) is 32.1. The Morgan fingerprint density at radius 2 is 0.476 bits per heavy atom. The second-order valence-corrected chi connectivity index (χ2v) is 25.5. The van der Waals surface area contributed by atoms with Crippen molar-refractivity contribution in [2.75, 3.05) is 26.4 Å².